The minimum atomic E-state index is -4.95. The van der Waals surface area contributed by atoms with Crippen molar-refractivity contribution in [2.24, 2.45) is 0 Å². The summed E-state index contributed by atoms with van der Waals surface area (Å²) >= 11 is 0. The Hall–Kier alpha value is -1.26. The summed E-state index contributed by atoms with van der Waals surface area (Å²) in [6.45, 7) is -1.35. The van der Waals surface area contributed by atoms with Gasteiger partial charge in [0.05, 0.1) is 6.61 Å². The number of aliphatic hydroxyl groups is 1. The molecule has 0 aliphatic carbocycles. The van der Waals surface area contributed by atoms with Crippen molar-refractivity contribution in [3.63, 3.8) is 0 Å². The van der Waals surface area contributed by atoms with E-state index >= 15 is 0 Å². The summed E-state index contributed by atoms with van der Waals surface area (Å²) in [5.41, 5.74) is 0. The number of benzene rings is 1. The van der Waals surface area contributed by atoms with Crippen molar-refractivity contribution >= 4 is 10.0 Å². The molecule has 0 radical (unpaired) electrons. The van der Waals surface area contributed by atoms with Crippen LogP contribution in [0.5, 0.6) is 0 Å². The Morgan fingerprint density at radius 3 is 1.67 bits per heavy atom. The first-order chi connectivity index (χ1) is 8.24. The maximum Gasteiger partial charge on any atom is 0.246 e. The fourth-order valence-corrected chi connectivity index (χ4v) is 2.23. The van der Waals surface area contributed by atoms with E-state index in [1.165, 1.54) is 4.72 Å². The molecule has 2 N–H and O–H groups in total. The predicted molar refractivity (Wildman–Crippen MR) is 48.5 cm³/mol. The standard InChI is InChI=1S/C8H6F5NO3S/c9-3-4(10)6(12)8(7(13)5(3)11)18(16,17)14-1-2-15/h14-15H,1-2H2. The van der Waals surface area contributed by atoms with E-state index in [4.69, 9.17) is 5.11 Å². The minimum absolute atomic E-state index is 0.637. The van der Waals surface area contributed by atoms with Gasteiger partial charge in [-0.25, -0.2) is 35.1 Å². The fraction of sp³-hybridized carbons (Fsp3) is 0.250. The molecule has 0 saturated carbocycles. The van der Waals surface area contributed by atoms with Gasteiger partial charge in [-0.05, 0) is 0 Å². The van der Waals surface area contributed by atoms with Gasteiger partial charge in [0, 0.05) is 6.54 Å². The molecular formula is C8H6F5NO3S. The normalized spacial score (nSPS) is 11.9. The van der Waals surface area contributed by atoms with Crippen molar-refractivity contribution in [1.29, 1.82) is 0 Å². The highest BCUT2D eigenvalue weighted by Gasteiger charge is 2.33. The van der Waals surface area contributed by atoms with E-state index in [2.05, 4.69) is 0 Å². The maximum atomic E-state index is 13.1. The number of nitrogens with one attached hydrogen (secondary N) is 1. The molecule has 0 amide bonds. The molecule has 4 nitrogen and oxygen atoms in total. The Balaban J connectivity index is 3.52. The molecule has 0 spiro atoms. The quantitative estimate of drug-likeness (QED) is 0.486. The SMILES string of the molecule is O=S(=O)(NCCO)c1c(F)c(F)c(F)c(F)c1F. The summed E-state index contributed by atoms with van der Waals surface area (Å²) in [6, 6.07) is 0. The van der Waals surface area contributed by atoms with Crippen LogP contribution in [-0.4, -0.2) is 26.7 Å². The van der Waals surface area contributed by atoms with Crippen LogP contribution in [0.3, 0.4) is 0 Å². The third kappa shape index (κ3) is 2.44. The number of aliphatic hydroxyl groups excluding tert-OH is 1. The van der Waals surface area contributed by atoms with Crippen molar-refractivity contribution in [1.82, 2.24) is 4.72 Å². The number of sulfonamides is 1. The number of hydrogen-bond acceptors (Lipinski definition) is 3. The molecule has 0 saturated heterocycles. The lowest BCUT2D eigenvalue weighted by atomic mass is 10.3. The van der Waals surface area contributed by atoms with Gasteiger partial charge in [-0.15, -0.1) is 0 Å². The van der Waals surface area contributed by atoms with Crippen molar-refractivity contribution in [2.45, 2.75) is 4.90 Å². The fourth-order valence-electron chi connectivity index (χ4n) is 1.07. The van der Waals surface area contributed by atoms with Crippen LogP contribution in [-0.2, 0) is 10.0 Å². The van der Waals surface area contributed by atoms with Gasteiger partial charge in [0.2, 0.25) is 15.8 Å². The summed E-state index contributed by atoms with van der Waals surface area (Å²) in [5, 5.41) is 8.35. The molecule has 0 aliphatic heterocycles. The Morgan fingerprint density at radius 1 is 0.889 bits per heavy atom. The average molecular weight is 291 g/mol. The summed E-state index contributed by atoms with van der Waals surface area (Å²) in [7, 11) is -4.95. The van der Waals surface area contributed by atoms with Gasteiger partial charge in [0.15, 0.2) is 28.2 Å². The topological polar surface area (TPSA) is 66.4 Å². The second-order valence-electron chi connectivity index (χ2n) is 3.02. The van der Waals surface area contributed by atoms with Crippen LogP contribution in [0.1, 0.15) is 0 Å². The zero-order chi connectivity index (χ0) is 14.1. The van der Waals surface area contributed by atoms with Gasteiger partial charge < -0.3 is 5.11 Å². The molecule has 0 fully saturated rings. The third-order valence-electron chi connectivity index (χ3n) is 1.84. The van der Waals surface area contributed by atoms with Gasteiger partial charge in [-0.2, -0.15) is 0 Å². The van der Waals surface area contributed by atoms with Crippen LogP contribution in [0.15, 0.2) is 4.90 Å². The van der Waals surface area contributed by atoms with Gasteiger partial charge in [-0.1, -0.05) is 0 Å². The number of rotatable bonds is 4. The van der Waals surface area contributed by atoms with Crippen molar-refractivity contribution in [3.05, 3.63) is 29.1 Å². The average Bonchev–Trinajstić information content (AvgIpc) is 2.31. The van der Waals surface area contributed by atoms with Crippen LogP contribution < -0.4 is 4.72 Å². The van der Waals surface area contributed by atoms with E-state index in [0.717, 1.165) is 0 Å². The van der Waals surface area contributed by atoms with Gasteiger partial charge in [0.25, 0.3) is 0 Å². The van der Waals surface area contributed by atoms with E-state index in [9.17, 15) is 30.4 Å². The lowest BCUT2D eigenvalue weighted by molar-refractivity contribution is 0.300. The maximum absolute atomic E-state index is 13.1. The molecule has 102 valence electrons. The Labute approximate surface area is 98.1 Å². The van der Waals surface area contributed by atoms with Crippen molar-refractivity contribution < 1.29 is 35.5 Å². The highest BCUT2D eigenvalue weighted by Crippen LogP contribution is 2.26. The molecule has 0 atom stereocenters. The van der Waals surface area contributed by atoms with E-state index in [1.54, 1.807) is 0 Å². The van der Waals surface area contributed by atoms with E-state index in [0.29, 0.717) is 0 Å². The molecule has 1 rings (SSSR count). The van der Waals surface area contributed by atoms with Crippen molar-refractivity contribution in [2.75, 3.05) is 13.2 Å². The van der Waals surface area contributed by atoms with Crippen molar-refractivity contribution in [3.8, 4) is 0 Å². The molecular weight excluding hydrogens is 285 g/mol. The molecule has 0 bridgehead atoms. The van der Waals surface area contributed by atoms with Crippen LogP contribution >= 0.6 is 0 Å². The number of halogens is 5. The summed E-state index contributed by atoms with van der Waals surface area (Å²) in [5.74, 6) is -12.1. The van der Waals surface area contributed by atoms with E-state index < -0.39 is 57.2 Å². The molecule has 0 unspecified atom stereocenters. The molecule has 0 aliphatic rings. The number of hydrogen-bond donors (Lipinski definition) is 2. The molecule has 10 heteroatoms. The van der Waals surface area contributed by atoms with Crippen LogP contribution in [0.25, 0.3) is 0 Å². The van der Waals surface area contributed by atoms with Crippen LogP contribution in [0, 0.1) is 29.1 Å². The lowest BCUT2D eigenvalue weighted by Crippen LogP contribution is -2.29. The first-order valence-electron chi connectivity index (χ1n) is 4.36. The summed E-state index contributed by atoms with van der Waals surface area (Å²) in [4.78, 5) is -1.98. The highest BCUT2D eigenvalue weighted by molar-refractivity contribution is 7.89. The van der Waals surface area contributed by atoms with E-state index in [1.807, 2.05) is 0 Å². The Kier molecular flexibility index (Phi) is 4.24. The Morgan fingerprint density at radius 2 is 1.28 bits per heavy atom. The predicted octanol–water partition coefficient (Wildman–Crippen LogP) is 0.653. The Bertz CT molecular complexity index is 546. The molecule has 1 aromatic rings. The lowest BCUT2D eigenvalue weighted by Gasteiger charge is -2.09. The van der Waals surface area contributed by atoms with Crippen LogP contribution in [0.4, 0.5) is 22.0 Å². The monoisotopic (exact) mass is 291 g/mol. The highest BCUT2D eigenvalue weighted by atomic mass is 32.2. The van der Waals surface area contributed by atoms with Gasteiger partial charge in [0.1, 0.15) is 0 Å². The second-order valence-corrected chi connectivity index (χ2v) is 4.72. The minimum Gasteiger partial charge on any atom is -0.395 e. The largest absolute Gasteiger partial charge is 0.395 e. The smallest absolute Gasteiger partial charge is 0.246 e. The first kappa shape index (κ1) is 14.8. The molecule has 0 heterocycles. The first-order valence-corrected chi connectivity index (χ1v) is 5.84. The summed E-state index contributed by atoms with van der Waals surface area (Å²) < 4.78 is 88.5. The molecule has 18 heavy (non-hydrogen) atoms. The zero-order valence-corrected chi connectivity index (χ0v) is 9.29. The molecule has 0 aromatic heterocycles. The molecule has 1 aromatic carbocycles. The third-order valence-corrected chi connectivity index (χ3v) is 3.32. The van der Waals surface area contributed by atoms with Gasteiger partial charge in [-0.3, -0.25) is 0 Å². The van der Waals surface area contributed by atoms with E-state index in [-0.39, 0.29) is 0 Å². The summed E-state index contributed by atoms with van der Waals surface area (Å²) in [6.07, 6.45) is 0. The van der Waals surface area contributed by atoms with Crippen LogP contribution in [0.2, 0.25) is 0 Å². The zero-order valence-electron chi connectivity index (χ0n) is 8.48. The second kappa shape index (κ2) is 5.16. The van der Waals surface area contributed by atoms with Gasteiger partial charge >= 0.3 is 0 Å².